The first kappa shape index (κ1) is 11.5. The van der Waals surface area contributed by atoms with Crippen LogP contribution in [0.2, 0.25) is 0 Å². The van der Waals surface area contributed by atoms with Crippen LogP contribution in [0.4, 0.5) is 0 Å². The van der Waals surface area contributed by atoms with Gasteiger partial charge in [0, 0.05) is 4.47 Å². The number of halogens is 1. The zero-order valence-corrected chi connectivity index (χ0v) is 11.5. The van der Waals surface area contributed by atoms with Gasteiger partial charge in [0.25, 0.3) is 0 Å². The van der Waals surface area contributed by atoms with E-state index in [2.05, 4.69) is 40.7 Å². The highest BCUT2D eigenvalue weighted by Gasteiger charge is 2.43. The molecule has 0 saturated heterocycles. The summed E-state index contributed by atoms with van der Waals surface area (Å²) in [5, 5.41) is 9.67. The summed E-state index contributed by atoms with van der Waals surface area (Å²) in [6.45, 7) is 4.35. The van der Waals surface area contributed by atoms with Gasteiger partial charge in [-0.25, -0.2) is 0 Å². The van der Waals surface area contributed by atoms with E-state index in [1.807, 2.05) is 0 Å². The minimum absolute atomic E-state index is 0.0967. The Hall–Kier alpha value is -0.600. The summed E-state index contributed by atoms with van der Waals surface area (Å²) in [5.41, 5.74) is 4.25. The van der Waals surface area contributed by atoms with Crippen LogP contribution < -0.4 is 0 Å². The third kappa shape index (κ3) is 1.69. The van der Waals surface area contributed by atoms with E-state index in [0.29, 0.717) is 0 Å². The normalized spacial score (nSPS) is 31.9. The van der Waals surface area contributed by atoms with Crippen LogP contribution in [0.3, 0.4) is 0 Å². The Balaban J connectivity index is 1.99. The largest absolute Gasteiger partial charge is 0.393 e. The Morgan fingerprint density at radius 3 is 2.65 bits per heavy atom. The molecule has 0 radical (unpaired) electrons. The lowest BCUT2D eigenvalue weighted by atomic mass is 9.69. The molecule has 1 spiro atoms. The molecule has 0 atom stereocenters. The summed E-state index contributed by atoms with van der Waals surface area (Å²) >= 11 is 3.64. The molecule has 1 fully saturated rings. The van der Waals surface area contributed by atoms with Gasteiger partial charge in [0.2, 0.25) is 0 Å². The maximum Gasteiger partial charge on any atom is 0.0540 e. The molecular weight excluding hydrogens is 276 g/mol. The Morgan fingerprint density at radius 1 is 1.29 bits per heavy atom. The Kier molecular flexibility index (Phi) is 2.68. The van der Waals surface area contributed by atoms with E-state index in [-0.39, 0.29) is 11.5 Å². The lowest BCUT2D eigenvalue weighted by Crippen LogP contribution is -2.29. The van der Waals surface area contributed by atoms with Crippen molar-refractivity contribution in [3.05, 3.63) is 40.4 Å². The van der Waals surface area contributed by atoms with E-state index in [9.17, 15) is 5.11 Å². The van der Waals surface area contributed by atoms with Crippen LogP contribution in [0.15, 0.2) is 29.3 Å². The average Bonchev–Trinajstić information content (AvgIpc) is 2.58. The molecule has 1 aromatic rings. The highest BCUT2D eigenvalue weighted by Crippen LogP contribution is 2.55. The number of allylic oxidation sites excluding steroid dienone is 1. The number of hydrogen-bond acceptors (Lipinski definition) is 1. The van der Waals surface area contributed by atoms with Gasteiger partial charge in [-0.15, -0.1) is 0 Å². The summed E-state index contributed by atoms with van der Waals surface area (Å²) in [5.74, 6) is 0. The molecule has 1 aromatic carbocycles. The molecule has 2 aliphatic carbocycles. The topological polar surface area (TPSA) is 20.2 Å². The summed E-state index contributed by atoms with van der Waals surface area (Å²) in [7, 11) is 0. The fourth-order valence-electron chi connectivity index (χ4n) is 3.42. The second kappa shape index (κ2) is 3.96. The van der Waals surface area contributed by atoms with Crippen molar-refractivity contribution in [1.29, 1.82) is 0 Å². The van der Waals surface area contributed by atoms with Crippen molar-refractivity contribution in [1.82, 2.24) is 0 Å². The summed E-state index contributed by atoms with van der Waals surface area (Å²) in [6.07, 6.45) is 5.01. The second-order valence-corrected chi connectivity index (χ2v) is 6.30. The monoisotopic (exact) mass is 292 g/mol. The number of fused-ring (bicyclic) bond motifs is 1. The van der Waals surface area contributed by atoms with Gasteiger partial charge in [0.15, 0.2) is 0 Å². The fourth-order valence-corrected chi connectivity index (χ4v) is 4.07. The molecule has 90 valence electrons. The smallest absolute Gasteiger partial charge is 0.0540 e. The minimum atomic E-state index is -0.0967. The van der Waals surface area contributed by atoms with Gasteiger partial charge >= 0.3 is 0 Å². The quantitative estimate of drug-likeness (QED) is 0.768. The third-order valence-electron chi connectivity index (χ3n) is 4.48. The lowest BCUT2D eigenvalue weighted by Gasteiger charge is -2.36. The third-order valence-corrected chi connectivity index (χ3v) is 5.14. The first-order chi connectivity index (χ1) is 8.12. The molecule has 0 aliphatic heterocycles. The Bertz CT molecular complexity index is 470. The molecule has 1 N–H and O–H groups in total. The van der Waals surface area contributed by atoms with Crippen molar-refractivity contribution >= 4 is 21.5 Å². The molecule has 2 heteroatoms. The number of rotatable bonds is 0. The zero-order chi connectivity index (χ0) is 12.0. The van der Waals surface area contributed by atoms with Crippen LogP contribution in [-0.4, -0.2) is 11.2 Å². The van der Waals surface area contributed by atoms with Crippen LogP contribution in [-0.2, 0) is 6.42 Å². The van der Waals surface area contributed by atoms with Crippen LogP contribution in [0.25, 0.3) is 5.57 Å². The van der Waals surface area contributed by atoms with E-state index >= 15 is 0 Å². The summed E-state index contributed by atoms with van der Waals surface area (Å²) in [4.78, 5) is 0. The zero-order valence-electron chi connectivity index (χ0n) is 9.88. The first-order valence-electron chi connectivity index (χ1n) is 6.28. The second-order valence-electron chi connectivity index (χ2n) is 5.44. The number of hydrogen-bond donors (Lipinski definition) is 1. The molecule has 1 saturated carbocycles. The summed E-state index contributed by atoms with van der Waals surface area (Å²) < 4.78 is 1.17. The van der Waals surface area contributed by atoms with E-state index < -0.39 is 0 Å². The number of aliphatic hydroxyl groups excluding tert-OH is 1. The maximum atomic E-state index is 9.67. The highest BCUT2D eigenvalue weighted by atomic mass is 79.9. The molecule has 0 heterocycles. The molecular formula is C15H17BrO. The fraction of sp³-hybridized carbons (Fsp3) is 0.467. The van der Waals surface area contributed by atoms with Crippen LogP contribution >= 0.6 is 15.9 Å². The maximum absolute atomic E-state index is 9.67. The van der Waals surface area contributed by atoms with E-state index in [0.717, 1.165) is 32.1 Å². The van der Waals surface area contributed by atoms with Crippen LogP contribution in [0.1, 0.15) is 36.8 Å². The van der Waals surface area contributed by atoms with Crippen molar-refractivity contribution in [3.63, 3.8) is 0 Å². The average molecular weight is 293 g/mol. The predicted octanol–water partition coefficient (Wildman–Crippen LogP) is 3.94. The van der Waals surface area contributed by atoms with E-state index in [1.54, 1.807) is 0 Å². The Labute approximate surface area is 111 Å². The van der Waals surface area contributed by atoms with E-state index in [1.165, 1.54) is 21.2 Å². The molecule has 0 bridgehead atoms. The van der Waals surface area contributed by atoms with Crippen molar-refractivity contribution in [3.8, 4) is 0 Å². The number of aliphatic hydroxyl groups is 1. The van der Waals surface area contributed by atoms with Crippen molar-refractivity contribution in [2.24, 2.45) is 5.41 Å². The van der Waals surface area contributed by atoms with Crippen LogP contribution in [0, 0.1) is 5.41 Å². The SMILES string of the molecule is C=C1c2c(Br)cccc2CC12CCC(O)CC2. The summed E-state index contributed by atoms with van der Waals surface area (Å²) in [6, 6.07) is 6.42. The molecule has 0 amide bonds. The molecule has 0 unspecified atom stereocenters. The van der Waals surface area contributed by atoms with Gasteiger partial charge in [-0.1, -0.05) is 34.6 Å². The minimum Gasteiger partial charge on any atom is -0.393 e. The van der Waals surface area contributed by atoms with Crippen molar-refractivity contribution in [2.45, 2.75) is 38.2 Å². The van der Waals surface area contributed by atoms with Gasteiger partial charge in [0.1, 0.15) is 0 Å². The molecule has 1 nitrogen and oxygen atoms in total. The standard InChI is InChI=1S/C15H17BrO/c1-10-14-11(3-2-4-13(14)16)9-15(10)7-5-12(17)6-8-15/h2-4,12,17H,1,5-9H2. The van der Waals surface area contributed by atoms with Crippen molar-refractivity contribution in [2.75, 3.05) is 0 Å². The van der Waals surface area contributed by atoms with Gasteiger partial charge in [-0.3, -0.25) is 0 Å². The van der Waals surface area contributed by atoms with Gasteiger partial charge in [-0.05, 0) is 60.3 Å². The highest BCUT2D eigenvalue weighted by molar-refractivity contribution is 9.10. The van der Waals surface area contributed by atoms with Gasteiger partial charge in [-0.2, -0.15) is 0 Å². The predicted molar refractivity (Wildman–Crippen MR) is 73.8 cm³/mol. The van der Waals surface area contributed by atoms with E-state index in [4.69, 9.17) is 0 Å². The first-order valence-corrected chi connectivity index (χ1v) is 7.07. The molecule has 17 heavy (non-hydrogen) atoms. The molecule has 2 aliphatic rings. The molecule has 3 rings (SSSR count). The Morgan fingerprint density at radius 2 is 2.00 bits per heavy atom. The van der Waals surface area contributed by atoms with Crippen LogP contribution in [0.5, 0.6) is 0 Å². The number of benzene rings is 1. The lowest BCUT2D eigenvalue weighted by molar-refractivity contribution is 0.0902. The van der Waals surface area contributed by atoms with Crippen molar-refractivity contribution < 1.29 is 5.11 Å². The molecule has 0 aromatic heterocycles. The van der Waals surface area contributed by atoms with Gasteiger partial charge in [0.05, 0.1) is 6.10 Å². The van der Waals surface area contributed by atoms with Gasteiger partial charge < -0.3 is 5.11 Å².